The van der Waals surface area contributed by atoms with E-state index in [0.717, 1.165) is 16.7 Å². The molecule has 4 rings (SSSR count). The summed E-state index contributed by atoms with van der Waals surface area (Å²) in [5.41, 5.74) is 1.27. The van der Waals surface area contributed by atoms with E-state index in [0.29, 0.717) is 25.2 Å². The minimum Gasteiger partial charge on any atom is -0.461 e. The summed E-state index contributed by atoms with van der Waals surface area (Å²) in [6, 6.07) is 6.58. The maximum Gasteiger partial charge on any atom is 0.254 e. The Kier molecular flexibility index (Phi) is 4.29. The third-order valence-corrected chi connectivity index (χ3v) is 7.02. The number of aliphatic hydroxyl groups is 1. The highest BCUT2D eigenvalue weighted by molar-refractivity contribution is 7.91. The van der Waals surface area contributed by atoms with Gasteiger partial charge in [-0.3, -0.25) is 9.69 Å². The minimum atomic E-state index is -3.19. The SMILES string of the molecule is Cc1cc2cc(C(=O)N3CCN(CCO)[C@@H]4CS(=O)(=O)C[C@@H]43)ccc2o1. The van der Waals surface area contributed by atoms with E-state index in [2.05, 4.69) is 0 Å². The maximum atomic E-state index is 13.1. The first-order valence-corrected chi connectivity index (χ1v) is 10.6. The number of piperazine rings is 1. The first kappa shape index (κ1) is 17.5. The second kappa shape index (κ2) is 6.37. The lowest BCUT2D eigenvalue weighted by Gasteiger charge is -2.43. The van der Waals surface area contributed by atoms with Gasteiger partial charge in [0.25, 0.3) is 5.91 Å². The van der Waals surface area contributed by atoms with Crippen molar-refractivity contribution in [2.75, 3.05) is 37.7 Å². The monoisotopic (exact) mass is 378 g/mol. The van der Waals surface area contributed by atoms with Gasteiger partial charge in [0.15, 0.2) is 9.84 Å². The van der Waals surface area contributed by atoms with Crippen molar-refractivity contribution >= 4 is 26.7 Å². The molecule has 8 heteroatoms. The predicted octanol–water partition coefficient (Wildman–Crippen LogP) is 0.657. The summed E-state index contributed by atoms with van der Waals surface area (Å²) < 4.78 is 29.9. The van der Waals surface area contributed by atoms with Crippen LogP contribution in [0.2, 0.25) is 0 Å². The van der Waals surface area contributed by atoms with Crippen LogP contribution < -0.4 is 0 Å². The Hall–Kier alpha value is -1.90. The Balaban J connectivity index is 1.64. The molecule has 26 heavy (non-hydrogen) atoms. The number of furan rings is 1. The van der Waals surface area contributed by atoms with Crippen molar-refractivity contribution in [1.82, 2.24) is 9.80 Å². The number of amides is 1. The van der Waals surface area contributed by atoms with Crippen molar-refractivity contribution in [2.24, 2.45) is 0 Å². The van der Waals surface area contributed by atoms with Gasteiger partial charge in [0.2, 0.25) is 0 Å². The minimum absolute atomic E-state index is 0.0155. The molecule has 1 amide bonds. The molecule has 0 aliphatic carbocycles. The Bertz CT molecular complexity index is 952. The summed E-state index contributed by atoms with van der Waals surface area (Å²) in [4.78, 5) is 16.8. The molecular formula is C18H22N2O5S. The zero-order valence-electron chi connectivity index (χ0n) is 14.6. The van der Waals surface area contributed by atoms with Crippen molar-refractivity contribution in [3.8, 4) is 0 Å². The number of fused-ring (bicyclic) bond motifs is 2. The highest BCUT2D eigenvalue weighted by atomic mass is 32.2. The van der Waals surface area contributed by atoms with Gasteiger partial charge < -0.3 is 14.4 Å². The molecule has 0 saturated carbocycles. The molecule has 1 N–H and O–H groups in total. The lowest BCUT2D eigenvalue weighted by Crippen LogP contribution is -2.61. The smallest absolute Gasteiger partial charge is 0.254 e. The molecule has 2 saturated heterocycles. The van der Waals surface area contributed by atoms with Gasteiger partial charge in [-0.05, 0) is 31.2 Å². The normalized spacial score (nSPS) is 25.5. The number of aliphatic hydroxyl groups excluding tert-OH is 1. The van der Waals surface area contributed by atoms with Crippen LogP contribution in [0.3, 0.4) is 0 Å². The van der Waals surface area contributed by atoms with Gasteiger partial charge >= 0.3 is 0 Å². The average Bonchev–Trinajstić information content (AvgIpc) is 3.11. The van der Waals surface area contributed by atoms with Gasteiger partial charge in [-0.25, -0.2) is 8.42 Å². The van der Waals surface area contributed by atoms with E-state index in [-0.39, 0.29) is 36.1 Å². The average molecular weight is 378 g/mol. The number of sulfone groups is 1. The number of β-amino-alcohol motifs (C(OH)–C–C–N with tert-alkyl or cyclic N) is 1. The third kappa shape index (κ3) is 3.02. The third-order valence-electron chi connectivity index (χ3n) is 5.33. The van der Waals surface area contributed by atoms with Crippen molar-refractivity contribution in [2.45, 2.75) is 19.0 Å². The Morgan fingerprint density at radius 3 is 2.77 bits per heavy atom. The molecule has 0 unspecified atom stereocenters. The molecule has 2 aromatic rings. The molecule has 0 radical (unpaired) electrons. The summed E-state index contributed by atoms with van der Waals surface area (Å²) in [5.74, 6) is 0.658. The van der Waals surface area contributed by atoms with Gasteiger partial charge in [-0.2, -0.15) is 0 Å². The summed E-state index contributed by atoms with van der Waals surface area (Å²) in [6.45, 7) is 3.29. The molecule has 2 fully saturated rings. The summed E-state index contributed by atoms with van der Waals surface area (Å²) in [7, 11) is -3.19. The van der Waals surface area contributed by atoms with Gasteiger partial charge in [-0.15, -0.1) is 0 Å². The molecule has 1 aromatic heterocycles. The van der Waals surface area contributed by atoms with E-state index in [1.165, 1.54) is 0 Å². The molecule has 7 nitrogen and oxygen atoms in total. The number of rotatable bonds is 3. The number of hydrogen-bond acceptors (Lipinski definition) is 6. The van der Waals surface area contributed by atoms with E-state index in [1.807, 2.05) is 17.9 Å². The molecular weight excluding hydrogens is 356 g/mol. The standard InChI is InChI=1S/C18H22N2O5S/c1-12-8-14-9-13(2-3-17(14)25-12)18(22)20-5-4-19(6-7-21)15-10-26(23,24)11-16(15)20/h2-3,8-9,15-16,21H,4-7,10-11H2,1H3/t15-,16+/m1/s1. The van der Waals surface area contributed by atoms with Gasteiger partial charge in [0.1, 0.15) is 11.3 Å². The van der Waals surface area contributed by atoms with Crippen LogP contribution >= 0.6 is 0 Å². The van der Waals surface area contributed by atoms with Crippen LogP contribution in [0.4, 0.5) is 0 Å². The molecule has 2 atom stereocenters. The number of hydrogen-bond donors (Lipinski definition) is 1. The van der Waals surface area contributed by atoms with Gasteiger partial charge in [0.05, 0.1) is 24.2 Å². The number of benzene rings is 1. The Morgan fingerprint density at radius 2 is 2.00 bits per heavy atom. The second-order valence-electron chi connectivity index (χ2n) is 7.08. The van der Waals surface area contributed by atoms with Crippen molar-refractivity contribution in [3.63, 3.8) is 0 Å². The summed E-state index contributed by atoms with van der Waals surface area (Å²) in [5, 5.41) is 10.1. The fourth-order valence-corrected chi connectivity index (χ4v) is 6.17. The summed E-state index contributed by atoms with van der Waals surface area (Å²) in [6.07, 6.45) is 0. The first-order chi connectivity index (χ1) is 12.4. The van der Waals surface area contributed by atoms with Crippen LogP contribution in [0.15, 0.2) is 28.7 Å². The zero-order chi connectivity index (χ0) is 18.5. The molecule has 0 bridgehead atoms. The fourth-order valence-electron chi connectivity index (χ4n) is 4.16. The highest BCUT2D eigenvalue weighted by Crippen LogP contribution is 2.29. The van der Waals surface area contributed by atoms with E-state index >= 15 is 0 Å². The van der Waals surface area contributed by atoms with Crippen molar-refractivity contribution in [1.29, 1.82) is 0 Å². The molecule has 2 aliphatic rings. The fraction of sp³-hybridized carbons (Fsp3) is 0.500. The zero-order valence-corrected chi connectivity index (χ0v) is 15.4. The Labute approximate surface area is 152 Å². The second-order valence-corrected chi connectivity index (χ2v) is 9.23. The highest BCUT2D eigenvalue weighted by Gasteiger charge is 2.47. The van der Waals surface area contributed by atoms with Crippen LogP contribution in [0.1, 0.15) is 16.1 Å². The lowest BCUT2D eigenvalue weighted by atomic mass is 10.0. The van der Waals surface area contributed by atoms with Crippen LogP contribution in [0.25, 0.3) is 11.0 Å². The largest absolute Gasteiger partial charge is 0.461 e. The number of carbonyl (C=O) groups excluding carboxylic acids is 1. The quantitative estimate of drug-likeness (QED) is 0.844. The molecule has 0 spiro atoms. The van der Waals surface area contributed by atoms with E-state index in [9.17, 15) is 18.3 Å². The van der Waals surface area contributed by atoms with Crippen LogP contribution in [0.5, 0.6) is 0 Å². The van der Waals surface area contributed by atoms with E-state index < -0.39 is 9.84 Å². The predicted molar refractivity (Wildman–Crippen MR) is 96.9 cm³/mol. The molecule has 1 aromatic carbocycles. The first-order valence-electron chi connectivity index (χ1n) is 8.74. The Morgan fingerprint density at radius 1 is 1.23 bits per heavy atom. The van der Waals surface area contributed by atoms with Crippen molar-refractivity contribution in [3.05, 3.63) is 35.6 Å². The van der Waals surface area contributed by atoms with Crippen LogP contribution in [-0.2, 0) is 9.84 Å². The van der Waals surface area contributed by atoms with E-state index in [4.69, 9.17) is 4.42 Å². The van der Waals surface area contributed by atoms with E-state index in [1.54, 1.807) is 23.1 Å². The van der Waals surface area contributed by atoms with Crippen LogP contribution in [0, 0.1) is 6.92 Å². The maximum absolute atomic E-state index is 13.1. The van der Waals surface area contributed by atoms with Crippen molar-refractivity contribution < 1.29 is 22.7 Å². The summed E-state index contributed by atoms with van der Waals surface area (Å²) >= 11 is 0. The number of carbonyl (C=O) groups is 1. The lowest BCUT2D eigenvalue weighted by molar-refractivity contribution is 0.0281. The topological polar surface area (TPSA) is 91.1 Å². The van der Waals surface area contributed by atoms with Gasteiger partial charge in [-0.1, -0.05) is 0 Å². The number of aryl methyl sites for hydroxylation is 1. The van der Waals surface area contributed by atoms with Crippen LogP contribution in [-0.4, -0.2) is 79.1 Å². The molecule has 3 heterocycles. The molecule has 2 aliphatic heterocycles. The number of nitrogens with zero attached hydrogens (tertiary/aromatic N) is 2. The molecule has 140 valence electrons. The van der Waals surface area contributed by atoms with Gasteiger partial charge in [0, 0.05) is 36.6 Å².